The van der Waals surface area contributed by atoms with E-state index < -0.39 is 0 Å². The summed E-state index contributed by atoms with van der Waals surface area (Å²) in [6.07, 6.45) is 0. The van der Waals surface area contributed by atoms with E-state index in [1.807, 2.05) is 0 Å². The summed E-state index contributed by atoms with van der Waals surface area (Å²) in [4.78, 5) is 19.3. The first-order valence-corrected chi connectivity index (χ1v) is 5.30. The molecule has 0 aromatic rings. The molecule has 0 saturated heterocycles. The summed E-state index contributed by atoms with van der Waals surface area (Å²) in [6, 6.07) is 1.75. The maximum Gasteiger partial charge on any atom is 0.302 e. The maximum absolute atomic E-state index is 9.82. The van der Waals surface area contributed by atoms with Gasteiger partial charge in [-0.2, -0.15) is 5.26 Å². The zero-order chi connectivity index (χ0) is 16.0. The number of hydrogen-bond donors (Lipinski definition) is 2. The molecular formula is C12H27NO5. The van der Waals surface area contributed by atoms with Gasteiger partial charge >= 0.3 is 5.97 Å². The van der Waals surface area contributed by atoms with Crippen LogP contribution in [0.3, 0.4) is 0 Å². The van der Waals surface area contributed by atoms with Crippen LogP contribution in [0.5, 0.6) is 0 Å². The number of aliphatic hydroxyl groups excluding tert-OH is 2. The minimum absolute atomic E-state index is 0.167. The molecule has 0 rings (SSSR count). The smallest absolute Gasteiger partial charge is 0.302 e. The van der Waals surface area contributed by atoms with Gasteiger partial charge in [0.2, 0.25) is 0 Å². The lowest BCUT2D eigenvalue weighted by atomic mass is 10.6. The first-order valence-electron chi connectivity index (χ1n) is 5.30. The van der Waals surface area contributed by atoms with Gasteiger partial charge in [-0.15, -0.1) is 0 Å². The summed E-state index contributed by atoms with van der Waals surface area (Å²) in [5.74, 6) is -0.0440. The quantitative estimate of drug-likeness (QED) is 0.692. The van der Waals surface area contributed by atoms with Crippen LogP contribution in [0.4, 0.5) is 0 Å². The summed E-state index contributed by atoms with van der Waals surface area (Å²) in [5.41, 5.74) is 0. The van der Waals surface area contributed by atoms with Gasteiger partial charge in [0.25, 0.3) is 0 Å². The topological polar surface area (TPSA) is 108 Å². The molecule has 0 fully saturated rings. The van der Waals surface area contributed by atoms with Crippen molar-refractivity contribution in [2.24, 2.45) is 0 Å². The predicted molar refractivity (Wildman–Crippen MR) is 70.9 cm³/mol. The van der Waals surface area contributed by atoms with E-state index in [2.05, 4.69) is 4.74 Å². The summed E-state index contributed by atoms with van der Waals surface area (Å²) >= 11 is 0. The fraction of sp³-hybridized carbons (Fsp3) is 0.750. The van der Waals surface area contributed by atoms with E-state index >= 15 is 0 Å². The van der Waals surface area contributed by atoms with E-state index in [0.29, 0.717) is 6.61 Å². The van der Waals surface area contributed by atoms with Crippen molar-refractivity contribution in [3.63, 3.8) is 0 Å². The van der Waals surface area contributed by atoms with E-state index in [-0.39, 0.29) is 18.4 Å². The molecule has 0 heterocycles. The van der Waals surface area contributed by atoms with Crippen molar-refractivity contribution in [2.45, 2.75) is 41.5 Å². The number of aliphatic hydroxyl groups is 2. The van der Waals surface area contributed by atoms with Crippen LogP contribution in [0.1, 0.15) is 41.5 Å². The Morgan fingerprint density at radius 2 is 1.33 bits per heavy atom. The zero-order valence-corrected chi connectivity index (χ0v) is 12.5. The van der Waals surface area contributed by atoms with Gasteiger partial charge in [0.05, 0.1) is 12.7 Å². The number of ether oxygens (including phenoxy) is 1. The van der Waals surface area contributed by atoms with E-state index in [9.17, 15) is 9.59 Å². The molecule has 110 valence electrons. The number of hydrogen-bond acceptors (Lipinski definition) is 6. The van der Waals surface area contributed by atoms with Gasteiger partial charge in [-0.25, -0.2) is 0 Å². The standard InChI is InChI=1S/C4H8O2.C3H6O.C2H3N.C2H6O.CH4O/c1-3-6-4(2)5;1-3(2)4;2*1-2-3;1-2/h3H2,1-2H3;1-2H3;1H3;3H,2H2,1H3;2H,1H3. The van der Waals surface area contributed by atoms with Crippen molar-refractivity contribution in [3.8, 4) is 6.07 Å². The molecule has 18 heavy (non-hydrogen) atoms. The molecule has 0 saturated carbocycles. The van der Waals surface area contributed by atoms with Crippen LogP contribution < -0.4 is 0 Å². The first-order chi connectivity index (χ1) is 8.33. The molecule has 0 aromatic heterocycles. The Labute approximate surface area is 110 Å². The summed E-state index contributed by atoms with van der Waals surface area (Å²) in [5, 5.41) is 21.9. The lowest BCUT2D eigenvalue weighted by molar-refractivity contribution is -0.140. The van der Waals surface area contributed by atoms with Gasteiger partial charge in [-0.05, 0) is 27.7 Å². The molecule has 0 aliphatic rings. The Bertz CT molecular complexity index is 183. The lowest BCUT2D eigenvalue weighted by Crippen LogP contribution is -1.95. The van der Waals surface area contributed by atoms with Gasteiger partial charge in [0.1, 0.15) is 5.78 Å². The van der Waals surface area contributed by atoms with E-state index in [4.69, 9.17) is 15.5 Å². The highest BCUT2D eigenvalue weighted by molar-refractivity contribution is 5.72. The average molecular weight is 265 g/mol. The highest BCUT2D eigenvalue weighted by atomic mass is 16.5. The fourth-order valence-electron chi connectivity index (χ4n) is 0.203. The van der Waals surface area contributed by atoms with Crippen molar-refractivity contribution >= 4 is 11.8 Å². The Morgan fingerprint density at radius 3 is 1.33 bits per heavy atom. The van der Waals surface area contributed by atoms with Crippen LogP contribution in [-0.4, -0.2) is 42.3 Å². The molecule has 6 nitrogen and oxygen atoms in total. The largest absolute Gasteiger partial charge is 0.466 e. The average Bonchev–Trinajstić information content (AvgIpc) is 2.21. The van der Waals surface area contributed by atoms with Crippen molar-refractivity contribution < 1.29 is 24.5 Å². The number of ketones is 1. The van der Waals surface area contributed by atoms with Gasteiger partial charge in [0, 0.05) is 27.6 Å². The van der Waals surface area contributed by atoms with E-state index in [1.165, 1.54) is 27.7 Å². The third-order valence-corrected chi connectivity index (χ3v) is 0.348. The van der Waals surface area contributed by atoms with E-state index in [1.54, 1.807) is 19.9 Å². The molecule has 0 atom stereocenters. The highest BCUT2D eigenvalue weighted by Gasteiger charge is 1.81. The number of carbonyl (C=O) groups is 2. The monoisotopic (exact) mass is 265 g/mol. The lowest BCUT2D eigenvalue weighted by Gasteiger charge is -1.89. The number of nitrogens with zero attached hydrogens (tertiary/aromatic N) is 1. The van der Waals surface area contributed by atoms with Crippen molar-refractivity contribution in [2.75, 3.05) is 20.3 Å². The van der Waals surface area contributed by atoms with Gasteiger partial charge in [-0.3, -0.25) is 4.79 Å². The molecular weight excluding hydrogens is 238 g/mol. The van der Waals surface area contributed by atoms with Crippen molar-refractivity contribution in [3.05, 3.63) is 0 Å². The van der Waals surface area contributed by atoms with Crippen LogP contribution in [0.25, 0.3) is 0 Å². The Kier molecular flexibility index (Phi) is 75.0. The molecule has 0 amide bonds. The molecule has 0 spiro atoms. The first kappa shape index (κ1) is 30.0. The normalized spacial score (nSPS) is 5.78. The number of esters is 1. The number of Topliss-reactive ketones (excluding diaryl/α,β-unsaturated/α-hetero) is 1. The number of carbonyl (C=O) groups excluding carboxylic acids is 2. The van der Waals surface area contributed by atoms with Crippen LogP contribution in [0.15, 0.2) is 0 Å². The summed E-state index contributed by atoms with van der Waals surface area (Å²) in [6.45, 7) is 10.1. The summed E-state index contributed by atoms with van der Waals surface area (Å²) < 4.78 is 4.40. The second-order valence-corrected chi connectivity index (χ2v) is 2.37. The molecule has 6 heteroatoms. The Morgan fingerprint density at radius 1 is 1.17 bits per heavy atom. The molecule has 0 radical (unpaired) electrons. The molecule has 0 aromatic carbocycles. The minimum atomic E-state index is -0.211. The molecule has 0 aliphatic heterocycles. The number of rotatable bonds is 1. The van der Waals surface area contributed by atoms with Gasteiger partial charge in [0.15, 0.2) is 0 Å². The maximum atomic E-state index is 9.82. The second-order valence-electron chi connectivity index (χ2n) is 2.37. The molecule has 0 aliphatic carbocycles. The van der Waals surface area contributed by atoms with E-state index in [0.717, 1.165) is 7.11 Å². The van der Waals surface area contributed by atoms with Gasteiger partial charge < -0.3 is 19.7 Å². The third-order valence-electron chi connectivity index (χ3n) is 0.348. The van der Waals surface area contributed by atoms with Crippen LogP contribution in [0, 0.1) is 11.3 Å². The Hall–Kier alpha value is -1.45. The van der Waals surface area contributed by atoms with Gasteiger partial charge in [-0.1, -0.05) is 0 Å². The molecule has 2 N–H and O–H groups in total. The second kappa shape index (κ2) is 45.0. The SMILES string of the molecule is CC#N.CC(C)=O.CCO.CCOC(C)=O.CO. The highest BCUT2D eigenvalue weighted by Crippen LogP contribution is 1.69. The Balaban J connectivity index is -0.0000000416. The van der Waals surface area contributed by atoms with Crippen molar-refractivity contribution in [1.29, 1.82) is 5.26 Å². The summed E-state index contributed by atoms with van der Waals surface area (Å²) in [7, 11) is 1.00. The zero-order valence-electron chi connectivity index (χ0n) is 12.5. The minimum Gasteiger partial charge on any atom is -0.466 e. The predicted octanol–water partition coefficient (Wildman–Crippen LogP) is 1.30. The fourth-order valence-corrected chi connectivity index (χ4v) is 0.203. The number of nitriles is 1. The van der Waals surface area contributed by atoms with Crippen LogP contribution >= 0.6 is 0 Å². The van der Waals surface area contributed by atoms with Crippen molar-refractivity contribution in [1.82, 2.24) is 0 Å². The molecule has 0 unspecified atom stereocenters. The third kappa shape index (κ3) is 1110. The van der Waals surface area contributed by atoms with Crippen LogP contribution in [0.2, 0.25) is 0 Å². The molecule has 0 bridgehead atoms. The van der Waals surface area contributed by atoms with Crippen LogP contribution in [-0.2, 0) is 14.3 Å².